The van der Waals surface area contributed by atoms with Crippen molar-refractivity contribution in [2.45, 2.75) is 74.7 Å². The first-order valence-electron chi connectivity index (χ1n) is 20.1. The molecule has 0 nitrogen and oxygen atoms in total. The maximum atomic E-state index is 2.52. The second-order valence-electron chi connectivity index (χ2n) is 16.5. The van der Waals surface area contributed by atoms with Crippen molar-refractivity contribution in [3.8, 4) is 44.5 Å². The summed E-state index contributed by atoms with van der Waals surface area (Å²) in [6.45, 7) is 18.8. The highest BCUT2D eigenvalue weighted by atomic mass is 14.3. The summed E-state index contributed by atoms with van der Waals surface area (Å²) in [6.07, 6.45) is 7.80. The first-order valence-corrected chi connectivity index (χ1v) is 20.1. The van der Waals surface area contributed by atoms with Gasteiger partial charge in [0.05, 0.1) is 0 Å². The van der Waals surface area contributed by atoms with Gasteiger partial charge < -0.3 is 0 Å². The van der Waals surface area contributed by atoms with Crippen LogP contribution in [-0.4, -0.2) is 0 Å². The van der Waals surface area contributed by atoms with Crippen LogP contribution < -0.4 is 0 Å². The van der Waals surface area contributed by atoms with E-state index in [-0.39, 0.29) is 0 Å². The topological polar surface area (TPSA) is 0 Å². The Hall–Kier alpha value is -5.72. The number of aryl methyl sites for hydroxylation is 5. The van der Waals surface area contributed by atoms with E-state index in [0.717, 1.165) is 19.3 Å². The molecule has 0 saturated carbocycles. The first-order chi connectivity index (χ1) is 26.6. The number of hydrogen-bond acceptors (Lipinski definition) is 0. The van der Waals surface area contributed by atoms with E-state index in [1.165, 1.54) is 144 Å². The van der Waals surface area contributed by atoms with Crippen LogP contribution in [-0.2, 0) is 12.8 Å². The molecule has 0 bridgehead atoms. The molecule has 0 fully saturated rings. The molecule has 0 spiro atoms. The average Bonchev–Trinajstić information content (AvgIpc) is 3.60. The molecule has 0 amide bonds. The maximum Gasteiger partial charge on any atom is -0.00134 e. The van der Waals surface area contributed by atoms with Crippen LogP contribution in [0.1, 0.15) is 73.2 Å². The molecule has 0 heterocycles. The van der Waals surface area contributed by atoms with Gasteiger partial charge in [-0.15, -0.1) is 0 Å². The highest BCUT2D eigenvalue weighted by molar-refractivity contribution is 6.27. The van der Waals surface area contributed by atoms with Crippen LogP contribution in [0.2, 0.25) is 0 Å². The van der Waals surface area contributed by atoms with Crippen LogP contribution in [0.25, 0.3) is 82.9 Å². The molecule has 55 heavy (non-hydrogen) atoms. The monoisotopic (exact) mass is 708 g/mol. The summed E-state index contributed by atoms with van der Waals surface area (Å²) in [7, 11) is 0. The van der Waals surface area contributed by atoms with Gasteiger partial charge in [0.25, 0.3) is 0 Å². The molecule has 0 heteroatoms. The summed E-state index contributed by atoms with van der Waals surface area (Å²) < 4.78 is 0. The molecule has 0 aromatic heterocycles. The van der Waals surface area contributed by atoms with Crippen molar-refractivity contribution in [2.24, 2.45) is 0 Å². The molecule has 0 N–H and O–H groups in total. The SMILES string of the molecule is Cc1c(C)c(C)c2c(-c3ccc(-c4ccc5c(c4)CCC=C5)c4ccccc34)c3c(C)c(C)c(C)c(C)c3c(-c3ccc4c(c3)-c3ccccc3C4)c2c1C. The third-order valence-corrected chi connectivity index (χ3v) is 14.0. The molecule has 8 aromatic carbocycles. The van der Waals surface area contributed by atoms with E-state index in [1.807, 2.05) is 0 Å². The van der Waals surface area contributed by atoms with Crippen molar-refractivity contribution in [3.05, 3.63) is 170 Å². The fourth-order valence-electron chi connectivity index (χ4n) is 10.3. The normalized spacial score (nSPS) is 13.2. The van der Waals surface area contributed by atoms with E-state index in [2.05, 4.69) is 165 Å². The Kier molecular flexibility index (Phi) is 7.63. The van der Waals surface area contributed by atoms with Crippen LogP contribution >= 0.6 is 0 Å². The molecule has 0 unspecified atom stereocenters. The van der Waals surface area contributed by atoms with Crippen molar-refractivity contribution in [2.75, 3.05) is 0 Å². The van der Waals surface area contributed by atoms with Crippen LogP contribution in [0.4, 0.5) is 0 Å². The molecule has 2 aliphatic rings. The Balaban J connectivity index is 1.37. The lowest BCUT2D eigenvalue weighted by atomic mass is 9.76. The van der Waals surface area contributed by atoms with Crippen molar-refractivity contribution in [1.29, 1.82) is 0 Å². The Morgan fingerprint density at radius 1 is 0.382 bits per heavy atom. The minimum Gasteiger partial charge on any atom is -0.0836 e. The highest BCUT2D eigenvalue weighted by Crippen LogP contribution is 2.53. The number of hydrogen-bond donors (Lipinski definition) is 0. The number of rotatable bonds is 3. The second-order valence-corrected chi connectivity index (χ2v) is 16.5. The predicted octanol–water partition coefficient (Wildman–Crippen LogP) is 15.1. The lowest BCUT2D eigenvalue weighted by Gasteiger charge is -2.28. The first kappa shape index (κ1) is 33.8. The van der Waals surface area contributed by atoms with Gasteiger partial charge in [0, 0.05) is 0 Å². The van der Waals surface area contributed by atoms with Crippen molar-refractivity contribution in [3.63, 3.8) is 0 Å². The molecule has 268 valence electrons. The molecule has 2 aliphatic carbocycles. The predicted molar refractivity (Wildman–Crippen MR) is 239 cm³/mol. The fraction of sp³-hybridized carbons (Fsp3) is 0.200. The van der Waals surface area contributed by atoms with E-state index in [1.54, 1.807) is 0 Å². The van der Waals surface area contributed by atoms with Gasteiger partial charge in [0.2, 0.25) is 0 Å². The summed E-state index contributed by atoms with van der Waals surface area (Å²) in [5.74, 6) is 0. The number of fused-ring (bicyclic) bond motifs is 7. The van der Waals surface area contributed by atoms with Crippen molar-refractivity contribution in [1.82, 2.24) is 0 Å². The quantitative estimate of drug-likeness (QED) is 0.160. The van der Waals surface area contributed by atoms with Gasteiger partial charge in [0.1, 0.15) is 0 Å². The Morgan fingerprint density at radius 2 is 0.927 bits per heavy atom. The summed E-state index contributed by atoms with van der Waals surface area (Å²) in [4.78, 5) is 0. The van der Waals surface area contributed by atoms with Gasteiger partial charge >= 0.3 is 0 Å². The van der Waals surface area contributed by atoms with E-state index in [9.17, 15) is 0 Å². The lowest BCUT2D eigenvalue weighted by Crippen LogP contribution is -2.04. The molecular formula is C55H48. The van der Waals surface area contributed by atoms with E-state index in [4.69, 9.17) is 0 Å². The second kappa shape index (κ2) is 12.4. The zero-order chi connectivity index (χ0) is 37.9. The average molecular weight is 709 g/mol. The van der Waals surface area contributed by atoms with Crippen molar-refractivity contribution >= 4 is 38.4 Å². The Bertz CT molecular complexity index is 2940. The largest absolute Gasteiger partial charge is 0.0836 e. The lowest BCUT2D eigenvalue weighted by molar-refractivity contribution is 0.986. The van der Waals surface area contributed by atoms with Gasteiger partial charge in [0.15, 0.2) is 0 Å². The molecular weight excluding hydrogens is 661 g/mol. The van der Waals surface area contributed by atoms with Crippen LogP contribution in [0.5, 0.6) is 0 Å². The maximum absolute atomic E-state index is 2.52. The highest BCUT2D eigenvalue weighted by Gasteiger charge is 2.28. The standard InChI is InChI=1S/C55H48/c1-30-32(3)36(7)52-50(34(30)5)54(43-24-23-42-28-40-17-11-12-18-44(40)49(42)29-43)51-35(6)31(2)33(4)37(8)53(51)55(52)48-26-25-45(46-19-13-14-20-47(46)48)41-22-21-38-15-9-10-16-39(38)27-41/h9,11-15,17-27,29H,10,16,28H2,1-8H3. The number of benzene rings is 8. The summed E-state index contributed by atoms with van der Waals surface area (Å²) in [6, 6.07) is 37.4. The van der Waals surface area contributed by atoms with Gasteiger partial charge in [-0.25, -0.2) is 0 Å². The van der Waals surface area contributed by atoms with Crippen LogP contribution in [0, 0.1) is 55.4 Å². The van der Waals surface area contributed by atoms with Crippen LogP contribution in [0.15, 0.2) is 103 Å². The summed E-state index contributed by atoms with van der Waals surface area (Å²) >= 11 is 0. The smallest absolute Gasteiger partial charge is 0.00134 e. The Labute approximate surface area is 326 Å². The Morgan fingerprint density at radius 3 is 1.60 bits per heavy atom. The molecule has 8 aromatic rings. The van der Waals surface area contributed by atoms with E-state index < -0.39 is 0 Å². The third-order valence-electron chi connectivity index (χ3n) is 14.0. The summed E-state index contributed by atoms with van der Waals surface area (Å²) in [5.41, 5.74) is 27.5. The minimum atomic E-state index is 1.00. The molecule has 0 radical (unpaired) electrons. The molecule has 10 rings (SSSR count). The zero-order valence-electron chi connectivity index (χ0n) is 33.5. The van der Waals surface area contributed by atoms with Crippen LogP contribution in [0.3, 0.4) is 0 Å². The van der Waals surface area contributed by atoms with Gasteiger partial charge in [-0.3, -0.25) is 0 Å². The molecule has 0 saturated heterocycles. The van der Waals surface area contributed by atoms with Crippen molar-refractivity contribution < 1.29 is 0 Å². The zero-order valence-corrected chi connectivity index (χ0v) is 33.5. The molecule has 0 aliphatic heterocycles. The van der Waals surface area contributed by atoms with Gasteiger partial charge in [-0.2, -0.15) is 0 Å². The van der Waals surface area contributed by atoms with Gasteiger partial charge in [-0.05, 0) is 224 Å². The fourth-order valence-corrected chi connectivity index (χ4v) is 10.3. The van der Waals surface area contributed by atoms with E-state index >= 15 is 0 Å². The molecule has 0 atom stereocenters. The third kappa shape index (κ3) is 4.83. The van der Waals surface area contributed by atoms with Gasteiger partial charge in [-0.1, -0.05) is 103 Å². The number of allylic oxidation sites excluding steroid dienone is 1. The minimum absolute atomic E-state index is 1.00. The summed E-state index contributed by atoms with van der Waals surface area (Å²) in [5, 5.41) is 8.21. The van der Waals surface area contributed by atoms with E-state index in [0.29, 0.717) is 0 Å².